The molecule has 0 atom stereocenters. The quantitative estimate of drug-likeness (QED) is 0.0314. The van der Waals surface area contributed by atoms with Gasteiger partial charge in [-0.1, -0.05) is 34.6 Å². The van der Waals surface area contributed by atoms with Crippen LogP contribution in [0.1, 0.15) is 150 Å². The van der Waals surface area contributed by atoms with Crippen molar-refractivity contribution in [3.05, 3.63) is 0 Å². The van der Waals surface area contributed by atoms with E-state index < -0.39 is 27.1 Å². The maximum Gasteiger partial charge on any atom is 0.325 e. The van der Waals surface area contributed by atoms with Crippen molar-refractivity contribution in [2.75, 3.05) is 231 Å². The molecule has 8 amide bonds. The summed E-state index contributed by atoms with van der Waals surface area (Å²) in [5.41, 5.74) is -2.42. The molecule has 0 aromatic heterocycles. The molecule has 0 aromatic carbocycles. The number of hydrogen-bond acceptors (Lipinski definition) is 25. The predicted octanol–water partition coefficient (Wildman–Crippen LogP) is 8.37. The van der Waals surface area contributed by atoms with Gasteiger partial charge in [0.1, 0.15) is 100 Å². The number of carbonyl (C=O) groups is 9. The third kappa shape index (κ3) is 47.9. The fourth-order valence-corrected chi connectivity index (χ4v) is 6.92. The molecular weight excluding hydrogens is 1350 g/mol. The first kappa shape index (κ1) is 106. The molecule has 0 aromatic rings. The van der Waals surface area contributed by atoms with Gasteiger partial charge in [-0.25, -0.2) is 19.2 Å². The van der Waals surface area contributed by atoms with Crippen LogP contribution in [0.4, 0.5) is 19.2 Å². The van der Waals surface area contributed by atoms with Gasteiger partial charge in [0, 0.05) is 105 Å². The monoisotopic (exact) mass is 1490 g/mol. The SMILES string of the molecule is CCC(C)(C)C(=O)OCCN(C)C(=O)N(C)COC.CCC(C)(C)C(=O)OCCN(C)C(=O)N(COC)COC.CCC(C)(C)C(=O)OCCN(COC)C(=O)N(COC)COC.CCC(C)(C)C(=O)OCCN(COC)COC.CCOCN(COCC)C(=O)N(C)CCOC(=O)C(C)(C)CC. The Morgan fingerprint density at radius 3 is 0.728 bits per heavy atom. The van der Waals surface area contributed by atoms with E-state index in [1.165, 1.54) is 81.9 Å². The highest BCUT2D eigenvalue weighted by Crippen LogP contribution is 2.25. The minimum absolute atomic E-state index is 0.0808. The second kappa shape index (κ2) is 60.2. The Labute approximate surface area is 618 Å². The van der Waals surface area contributed by atoms with Crippen LogP contribution in [0.15, 0.2) is 0 Å². The normalized spacial score (nSPS) is 11.3. The summed E-state index contributed by atoms with van der Waals surface area (Å²) in [5.74, 6) is -1.18. The lowest BCUT2D eigenvalue weighted by atomic mass is 9.91. The van der Waals surface area contributed by atoms with Crippen molar-refractivity contribution in [1.29, 1.82) is 0 Å². The van der Waals surface area contributed by atoms with E-state index in [1.54, 1.807) is 42.4 Å². The topological polar surface area (TPSA) is 321 Å². The molecule has 610 valence electrons. The molecule has 0 fully saturated rings. The van der Waals surface area contributed by atoms with E-state index in [0.717, 1.165) is 12.8 Å². The van der Waals surface area contributed by atoms with Crippen LogP contribution in [0.3, 0.4) is 0 Å². The highest BCUT2D eigenvalue weighted by Gasteiger charge is 2.32. The van der Waals surface area contributed by atoms with E-state index in [1.807, 2.05) is 123 Å². The maximum atomic E-state index is 12.4. The van der Waals surface area contributed by atoms with E-state index in [4.69, 9.17) is 71.1 Å². The summed E-state index contributed by atoms with van der Waals surface area (Å²) >= 11 is 0. The molecule has 0 aliphatic heterocycles. The average Bonchev–Trinajstić information content (AvgIpc) is 0.903. The number of esters is 5. The van der Waals surface area contributed by atoms with Crippen molar-refractivity contribution in [3.8, 4) is 0 Å². The van der Waals surface area contributed by atoms with Crippen molar-refractivity contribution >= 4 is 54.0 Å². The van der Waals surface area contributed by atoms with Crippen LogP contribution in [0.2, 0.25) is 0 Å². The molecule has 0 saturated carbocycles. The van der Waals surface area contributed by atoms with Gasteiger partial charge in [0.2, 0.25) is 0 Å². The molecule has 0 rings (SSSR count). The molecule has 0 spiro atoms. The van der Waals surface area contributed by atoms with Crippen LogP contribution in [0.5, 0.6) is 0 Å². The minimum atomic E-state index is -0.534. The Morgan fingerprint density at radius 1 is 0.252 bits per heavy atom. The number of carbonyl (C=O) groups excluding carboxylic acids is 9. The molecule has 0 aliphatic rings. The van der Waals surface area contributed by atoms with E-state index in [2.05, 4.69) is 0 Å². The van der Waals surface area contributed by atoms with Crippen LogP contribution >= 0.6 is 0 Å². The Morgan fingerprint density at radius 2 is 0.476 bits per heavy atom. The van der Waals surface area contributed by atoms with Crippen LogP contribution in [0, 0.1) is 27.1 Å². The highest BCUT2D eigenvalue weighted by molar-refractivity contribution is 5.79. The smallest absolute Gasteiger partial charge is 0.325 e. The number of ether oxygens (including phenoxy) is 15. The minimum Gasteiger partial charge on any atom is -0.464 e. The third-order valence-electron chi connectivity index (χ3n) is 16.1. The third-order valence-corrected chi connectivity index (χ3v) is 16.1. The molecule has 0 saturated heterocycles. The zero-order valence-corrected chi connectivity index (χ0v) is 68.9. The number of hydrogen-bond donors (Lipinski definition) is 0. The number of urea groups is 4. The van der Waals surface area contributed by atoms with Crippen LogP contribution in [-0.2, 0) is 95.0 Å². The molecule has 0 unspecified atom stereocenters. The van der Waals surface area contributed by atoms with Crippen LogP contribution < -0.4 is 0 Å². The Balaban J connectivity index is -0.000000390. The Hall–Kier alpha value is -6.01. The summed E-state index contributed by atoms with van der Waals surface area (Å²) in [4.78, 5) is 121. The van der Waals surface area contributed by atoms with Crippen LogP contribution in [-0.4, -0.2) is 329 Å². The Kier molecular flexibility index (Phi) is 61.7. The van der Waals surface area contributed by atoms with E-state index >= 15 is 0 Å². The largest absolute Gasteiger partial charge is 0.464 e. The fraction of sp³-hybridized carbons (Fsp3) is 0.871. The number of rotatable bonds is 47. The van der Waals surface area contributed by atoms with Gasteiger partial charge in [-0.3, -0.25) is 48.5 Å². The summed E-state index contributed by atoms with van der Waals surface area (Å²) < 4.78 is 76.4. The number of amides is 8. The Bertz CT molecular complexity index is 2260. The first-order valence-electron chi connectivity index (χ1n) is 34.8. The lowest BCUT2D eigenvalue weighted by Gasteiger charge is -2.29. The van der Waals surface area contributed by atoms with E-state index in [9.17, 15) is 43.2 Å². The highest BCUT2D eigenvalue weighted by atomic mass is 16.6. The molecule has 33 heteroatoms. The lowest BCUT2D eigenvalue weighted by Crippen LogP contribution is -2.47. The number of likely N-dealkylation sites (N-methyl/N-ethyl adjacent to an activating group) is 3. The number of methoxy groups -OCH3 is 8. The van der Waals surface area contributed by atoms with Crippen molar-refractivity contribution < 1.29 is 114 Å². The van der Waals surface area contributed by atoms with Gasteiger partial charge in [-0.05, 0) is 115 Å². The maximum absolute atomic E-state index is 12.4. The van der Waals surface area contributed by atoms with Gasteiger partial charge in [0.25, 0.3) is 0 Å². The zero-order chi connectivity index (χ0) is 80.6. The average molecular weight is 1490 g/mol. The van der Waals surface area contributed by atoms with Gasteiger partial charge in [-0.15, -0.1) is 0 Å². The molecule has 33 nitrogen and oxygen atoms in total. The fourth-order valence-electron chi connectivity index (χ4n) is 6.92. The van der Waals surface area contributed by atoms with Gasteiger partial charge < -0.3 is 90.7 Å². The molecule has 0 aliphatic carbocycles. The summed E-state index contributed by atoms with van der Waals surface area (Å²) in [7, 11) is 18.9. The van der Waals surface area contributed by atoms with Gasteiger partial charge in [0.05, 0.1) is 53.3 Å². The van der Waals surface area contributed by atoms with Crippen molar-refractivity contribution in [1.82, 2.24) is 44.1 Å². The zero-order valence-electron chi connectivity index (χ0n) is 68.9. The summed E-state index contributed by atoms with van der Waals surface area (Å²) in [6, 6.07) is -0.962. The summed E-state index contributed by atoms with van der Waals surface area (Å²) in [5, 5.41) is 0. The molecule has 0 N–H and O–H groups in total. The first-order chi connectivity index (χ1) is 48.2. The van der Waals surface area contributed by atoms with Crippen molar-refractivity contribution in [3.63, 3.8) is 0 Å². The molecule has 0 heterocycles. The number of nitrogens with zero attached hydrogens (tertiary/aromatic N) is 9. The molecular formula is C70H141N9O24. The first-order valence-corrected chi connectivity index (χ1v) is 34.8. The summed E-state index contributed by atoms with van der Waals surface area (Å²) in [6.45, 7) is 37.8. The van der Waals surface area contributed by atoms with E-state index in [0.29, 0.717) is 78.7 Å². The standard InChI is InChI=1S/C16H32N2O5.C15H30N2O6.C14H28N2O5.C13H26N2O4.C12H25NO4/c1-7-16(4,5)14(19)23-11-10-17(6)15(20)18(12-21-8-2)13-22-9-3;1-7-15(2,3)13(18)23-9-8-16(10-20-4)14(19)17(11-21-5)12-22-6;1-7-14(2,3)12(17)21-9-8-15(4)13(18)16(10-19-5)11-20-6;1-7-13(2,3)11(16)19-9-8-14(4)12(17)15(5)10-18-6;1-6-12(2,3)11(14)17-8-7-13(9-15-4)10-16-5/h7-13H2,1-6H3;7-12H2,1-6H3;7-11H2,1-6H3;7-10H2,1-6H3;6-10H2,1-5H3. The lowest BCUT2D eigenvalue weighted by molar-refractivity contribution is -0.156. The molecule has 103 heavy (non-hydrogen) atoms. The van der Waals surface area contributed by atoms with Crippen molar-refractivity contribution in [2.45, 2.75) is 150 Å². The van der Waals surface area contributed by atoms with Gasteiger partial charge in [-0.2, -0.15) is 0 Å². The molecule has 0 radical (unpaired) electrons. The second-order valence-corrected chi connectivity index (χ2v) is 26.8. The van der Waals surface area contributed by atoms with Gasteiger partial charge >= 0.3 is 54.0 Å². The molecule has 0 bridgehead atoms. The van der Waals surface area contributed by atoms with Crippen molar-refractivity contribution in [2.24, 2.45) is 27.1 Å². The van der Waals surface area contributed by atoms with Gasteiger partial charge in [0.15, 0.2) is 0 Å². The second-order valence-electron chi connectivity index (χ2n) is 26.8. The van der Waals surface area contributed by atoms with E-state index in [-0.39, 0.29) is 141 Å². The summed E-state index contributed by atoms with van der Waals surface area (Å²) in [6.07, 6.45) is 3.58. The predicted molar refractivity (Wildman–Crippen MR) is 389 cm³/mol. The van der Waals surface area contributed by atoms with Crippen LogP contribution in [0.25, 0.3) is 0 Å².